The summed E-state index contributed by atoms with van der Waals surface area (Å²) in [6.07, 6.45) is 8.89. The Morgan fingerprint density at radius 1 is 1.27 bits per heavy atom. The highest BCUT2D eigenvalue weighted by molar-refractivity contribution is 4.76. The predicted molar refractivity (Wildman–Crippen MR) is 49.2 cm³/mol. The smallest absolute Gasteiger partial charge is 0.0833 e. The van der Waals surface area contributed by atoms with E-state index in [0.29, 0.717) is 0 Å². The zero-order valence-electron chi connectivity index (χ0n) is 7.68. The molecule has 11 heavy (non-hydrogen) atoms. The highest BCUT2D eigenvalue weighted by Crippen LogP contribution is 1.98. The van der Waals surface area contributed by atoms with Gasteiger partial charge in [0.1, 0.15) is 0 Å². The van der Waals surface area contributed by atoms with Gasteiger partial charge in [-0.05, 0) is 32.6 Å². The Balaban J connectivity index is 2.79. The second kappa shape index (κ2) is 9.70. The first-order valence-electron chi connectivity index (χ1n) is 4.46. The molecule has 1 nitrogen and oxygen atoms in total. The summed E-state index contributed by atoms with van der Waals surface area (Å²) in [6, 6.07) is 0. The van der Waals surface area contributed by atoms with E-state index in [1.807, 2.05) is 6.61 Å². The molecule has 0 spiro atoms. The van der Waals surface area contributed by atoms with Gasteiger partial charge in [-0.25, -0.2) is 0 Å². The molecule has 0 aliphatic rings. The van der Waals surface area contributed by atoms with Crippen LogP contribution in [-0.2, 0) is 4.74 Å². The third-order valence-electron chi connectivity index (χ3n) is 1.40. The van der Waals surface area contributed by atoms with Gasteiger partial charge in [-0.1, -0.05) is 19.1 Å². The summed E-state index contributed by atoms with van der Waals surface area (Å²) in [5.41, 5.74) is 0. The fourth-order valence-corrected chi connectivity index (χ4v) is 0.815. The van der Waals surface area contributed by atoms with Crippen LogP contribution in [0.3, 0.4) is 0 Å². The number of allylic oxidation sites excluding steroid dienone is 2. The maximum atomic E-state index is 5.21. The third kappa shape index (κ3) is 9.70. The molecule has 0 saturated heterocycles. The Hall–Kier alpha value is -0.300. The number of ether oxygens (including phenoxy) is 1. The van der Waals surface area contributed by atoms with Gasteiger partial charge in [0.05, 0.1) is 6.61 Å². The van der Waals surface area contributed by atoms with Crippen molar-refractivity contribution in [3.05, 3.63) is 18.8 Å². The lowest BCUT2D eigenvalue weighted by atomic mass is 10.2. The van der Waals surface area contributed by atoms with Crippen molar-refractivity contribution in [2.45, 2.75) is 39.5 Å². The molecule has 0 aromatic heterocycles. The van der Waals surface area contributed by atoms with Crippen LogP contribution in [0, 0.1) is 6.61 Å². The van der Waals surface area contributed by atoms with E-state index in [1.165, 1.54) is 19.3 Å². The molecule has 0 aromatic rings. The van der Waals surface area contributed by atoms with E-state index in [9.17, 15) is 0 Å². The van der Waals surface area contributed by atoms with Gasteiger partial charge in [0, 0.05) is 6.61 Å². The fraction of sp³-hybridized carbons (Fsp3) is 0.700. The minimum atomic E-state index is 0.880. The molecule has 0 rings (SSSR count). The number of hydrogen-bond acceptors (Lipinski definition) is 1. The first kappa shape index (κ1) is 10.7. The second-order valence-corrected chi connectivity index (χ2v) is 2.51. The van der Waals surface area contributed by atoms with Crippen LogP contribution in [0.5, 0.6) is 0 Å². The van der Waals surface area contributed by atoms with E-state index in [-0.39, 0.29) is 0 Å². The number of hydrogen-bond donors (Lipinski definition) is 0. The van der Waals surface area contributed by atoms with Gasteiger partial charge >= 0.3 is 0 Å². The predicted octanol–water partition coefficient (Wildman–Crippen LogP) is 3.32. The topological polar surface area (TPSA) is 9.23 Å². The van der Waals surface area contributed by atoms with Crippen LogP contribution >= 0.6 is 0 Å². The van der Waals surface area contributed by atoms with Crippen molar-refractivity contribution in [1.29, 1.82) is 0 Å². The van der Waals surface area contributed by atoms with Crippen LogP contribution in [0.4, 0.5) is 0 Å². The summed E-state index contributed by atoms with van der Waals surface area (Å²) in [7, 11) is 0. The zero-order valence-corrected chi connectivity index (χ0v) is 7.68. The average molecular weight is 155 g/mol. The first-order chi connectivity index (χ1) is 5.41. The first-order valence-corrected chi connectivity index (χ1v) is 4.46. The lowest BCUT2D eigenvalue weighted by Crippen LogP contribution is -1.90. The molecule has 65 valence electrons. The summed E-state index contributed by atoms with van der Waals surface area (Å²) >= 11 is 0. The van der Waals surface area contributed by atoms with E-state index < -0.39 is 0 Å². The Kier molecular flexibility index (Phi) is 9.44. The summed E-state index contributed by atoms with van der Waals surface area (Å²) in [5, 5.41) is 0. The fourth-order valence-electron chi connectivity index (χ4n) is 0.815. The molecule has 0 unspecified atom stereocenters. The quantitative estimate of drug-likeness (QED) is 0.405. The Morgan fingerprint density at radius 2 is 2.09 bits per heavy atom. The largest absolute Gasteiger partial charge is 0.376 e. The molecule has 0 aromatic carbocycles. The van der Waals surface area contributed by atoms with Crippen LogP contribution < -0.4 is 0 Å². The van der Waals surface area contributed by atoms with Crippen LogP contribution in [0.1, 0.15) is 39.5 Å². The van der Waals surface area contributed by atoms with Gasteiger partial charge < -0.3 is 4.74 Å². The standard InChI is InChI=1S/C10H19O/c1-3-5-6-7-8-10-11-9-4-2/h3,5,9H,4,6-8,10H2,1-2H3/b5-3+. The van der Waals surface area contributed by atoms with Gasteiger partial charge in [0.25, 0.3) is 0 Å². The molecule has 0 aliphatic carbocycles. The molecule has 0 fully saturated rings. The van der Waals surface area contributed by atoms with Crippen molar-refractivity contribution in [1.82, 2.24) is 0 Å². The SMILES string of the molecule is C/C=C/CCCCO[CH]CC. The van der Waals surface area contributed by atoms with Crippen LogP contribution in [0.15, 0.2) is 12.2 Å². The molecule has 0 N–H and O–H groups in total. The van der Waals surface area contributed by atoms with Crippen molar-refractivity contribution < 1.29 is 4.74 Å². The minimum Gasteiger partial charge on any atom is -0.376 e. The molecule has 0 aliphatic heterocycles. The molecule has 1 radical (unpaired) electrons. The van der Waals surface area contributed by atoms with Crippen molar-refractivity contribution in [2.24, 2.45) is 0 Å². The average Bonchev–Trinajstić information content (AvgIpc) is 2.03. The molecule has 0 amide bonds. The zero-order chi connectivity index (χ0) is 8.36. The minimum absolute atomic E-state index is 0.880. The molecule has 0 heterocycles. The summed E-state index contributed by atoms with van der Waals surface area (Å²) in [6.45, 7) is 6.89. The van der Waals surface area contributed by atoms with Gasteiger partial charge in [0.2, 0.25) is 0 Å². The van der Waals surface area contributed by atoms with Crippen molar-refractivity contribution in [3.63, 3.8) is 0 Å². The maximum absolute atomic E-state index is 5.21. The van der Waals surface area contributed by atoms with Gasteiger partial charge in [-0.15, -0.1) is 0 Å². The molecular weight excluding hydrogens is 136 g/mol. The Bertz CT molecular complexity index is 86.9. The Morgan fingerprint density at radius 3 is 2.73 bits per heavy atom. The van der Waals surface area contributed by atoms with Gasteiger partial charge in [-0.2, -0.15) is 0 Å². The van der Waals surface area contributed by atoms with Crippen molar-refractivity contribution >= 4 is 0 Å². The lowest BCUT2D eigenvalue weighted by molar-refractivity contribution is 0.189. The molecular formula is C10H19O. The van der Waals surface area contributed by atoms with E-state index in [1.54, 1.807) is 0 Å². The van der Waals surface area contributed by atoms with E-state index in [0.717, 1.165) is 13.0 Å². The molecule has 0 saturated carbocycles. The van der Waals surface area contributed by atoms with Crippen molar-refractivity contribution in [2.75, 3.05) is 6.61 Å². The van der Waals surface area contributed by atoms with Gasteiger partial charge in [-0.3, -0.25) is 0 Å². The van der Waals surface area contributed by atoms with E-state index in [2.05, 4.69) is 26.0 Å². The highest BCUT2D eigenvalue weighted by atomic mass is 16.5. The third-order valence-corrected chi connectivity index (χ3v) is 1.40. The normalized spacial score (nSPS) is 11.1. The van der Waals surface area contributed by atoms with Crippen LogP contribution in [-0.4, -0.2) is 6.61 Å². The monoisotopic (exact) mass is 155 g/mol. The van der Waals surface area contributed by atoms with E-state index >= 15 is 0 Å². The summed E-state index contributed by atoms with van der Waals surface area (Å²) in [5.74, 6) is 0. The number of unbranched alkanes of at least 4 members (excludes halogenated alkanes) is 2. The van der Waals surface area contributed by atoms with Crippen LogP contribution in [0.25, 0.3) is 0 Å². The Labute approximate surface area is 70.4 Å². The molecule has 0 atom stereocenters. The molecule has 1 heteroatoms. The lowest BCUT2D eigenvalue weighted by Gasteiger charge is -1.99. The van der Waals surface area contributed by atoms with Crippen LogP contribution in [0.2, 0.25) is 0 Å². The number of rotatable bonds is 7. The highest BCUT2D eigenvalue weighted by Gasteiger charge is 1.86. The summed E-state index contributed by atoms with van der Waals surface area (Å²) in [4.78, 5) is 0. The maximum Gasteiger partial charge on any atom is 0.0833 e. The van der Waals surface area contributed by atoms with E-state index in [4.69, 9.17) is 4.74 Å². The summed E-state index contributed by atoms with van der Waals surface area (Å²) < 4.78 is 5.21. The second-order valence-electron chi connectivity index (χ2n) is 2.51. The van der Waals surface area contributed by atoms with Gasteiger partial charge in [0.15, 0.2) is 0 Å². The van der Waals surface area contributed by atoms with Crippen molar-refractivity contribution in [3.8, 4) is 0 Å². The molecule has 0 bridgehead atoms.